The lowest BCUT2D eigenvalue weighted by Gasteiger charge is -2.23. The minimum atomic E-state index is -1.76. The third kappa shape index (κ3) is 4.66. The third-order valence-electron chi connectivity index (χ3n) is 5.94. The molecule has 0 spiro atoms. The van der Waals surface area contributed by atoms with Gasteiger partial charge < -0.3 is 30.2 Å². The summed E-state index contributed by atoms with van der Waals surface area (Å²) in [6.45, 7) is 1.07. The molecule has 4 aromatic rings. The van der Waals surface area contributed by atoms with E-state index in [4.69, 9.17) is 19.7 Å². The molecule has 11 heteroatoms. The van der Waals surface area contributed by atoms with E-state index >= 15 is 0 Å². The molecule has 10 nitrogen and oxygen atoms in total. The molecule has 0 saturated carbocycles. The molecule has 1 saturated heterocycles. The Morgan fingerprint density at radius 2 is 2.03 bits per heavy atom. The van der Waals surface area contributed by atoms with Gasteiger partial charge in [-0.3, -0.25) is 14.2 Å². The van der Waals surface area contributed by atoms with Gasteiger partial charge in [-0.15, -0.1) is 0 Å². The second-order valence-corrected chi connectivity index (χ2v) is 8.35. The van der Waals surface area contributed by atoms with Gasteiger partial charge in [0.25, 0.3) is 11.5 Å². The fraction of sp³-hybridized carbons (Fsp3) is 0.240. The van der Waals surface area contributed by atoms with E-state index in [0.717, 1.165) is 0 Å². The first-order chi connectivity index (χ1) is 17.4. The summed E-state index contributed by atoms with van der Waals surface area (Å²) in [6, 6.07) is 11.6. The smallest absolute Gasteiger partial charge is 0.261 e. The molecule has 1 aliphatic rings. The quantitative estimate of drug-likeness (QED) is 0.371. The van der Waals surface area contributed by atoms with Crippen molar-refractivity contribution in [3.05, 3.63) is 76.5 Å². The van der Waals surface area contributed by atoms with Gasteiger partial charge in [-0.25, -0.2) is 4.39 Å². The van der Waals surface area contributed by atoms with E-state index in [0.29, 0.717) is 48.4 Å². The van der Waals surface area contributed by atoms with Gasteiger partial charge in [0.2, 0.25) is 0 Å². The number of pyridine rings is 1. The number of hydrogen-bond acceptors (Lipinski definition) is 8. The number of nitrogens with two attached hydrogens (primary N) is 1. The van der Waals surface area contributed by atoms with Crippen LogP contribution in [-0.2, 0) is 9.53 Å². The highest BCUT2D eigenvalue weighted by Crippen LogP contribution is 2.26. The van der Waals surface area contributed by atoms with E-state index in [2.05, 4.69) is 10.5 Å². The van der Waals surface area contributed by atoms with Crippen LogP contribution >= 0.6 is 0 Å². The molecule has 3 heterocycles. The maximum atomic E-state index is 14.4. The normalized spacial score (nSPS) is 15.1. The van der Waals surface area contributed by atoms with Gasteiger partial charge in [0.1, 0.15) is 6.10 Å². The molecule has 1 aliphatic heterocycles. The molecule has 1 amide bonds. The van der Waals surface area contributed by atoms with Gasteiger partial charge in [0, 0.05) is 36.9 Å². The third-order valence-corrected chi connectivity index (χ3v) is 5.94. The summed E-state index contributed by atoms with van der Waals surface area (Å²) in [6.07, 6.45) is 0.780. The number of ether oxygens (including phenoxy) is 2. The highest BCUT2D eigenvalue weighted by Gasteiger charge is 2.23. The van der Waals surface area contributed by atoms with E-state index in [1.165, 1.54) is 47.2 Å². The first-order valence-corrected chi connectivity index (χ1v) is 11.3. The number of carbonyl (C=O) groups excluding carboxylic acids is 1. The molecule has 0 radical (unpaired) electrons. The highest BCUT2D eigenvalue weighted by molar-refractivity contribution is 5.97. The van der Waals surface area contributed by atoms with Crippen molar-refractivity contribution in [3.63, 3.8) is 0 Å². The molecule has 1 fully saturated rings. The Morgan fingerprint density at radius 3 is 2.83 bits per heavy atom. The van der Waals surface area contributed by atoms with Crippen molar-refractivity contribution in [2.24, 2.45) is 0 Å². The van der Waals surface area contributed by atoms with Crippen LogP contribution in [0.2, 0.25) is 0 Å². The van der Waals surface area contributed by atoms with Crippen LogP contribution in [0.4, 0.5) is 15.9 Å². The van der Waals surface area contributed by atoms with Crippen LogP contribution in [0.5, 0.6) is 5.75 Å². The van der Waals surface area contributed by atoms with Gasteiger partial charge in [0.05, 0.1) is 29.9 Å². The number of nitrogen functional groups attached to an aromatic ring is 1. The van der Waals surface area contributed by atoms with E-state index in [9.17, 15) is 19.1 Å². The van der Waals surface area contributed by atoms with E-state index < -0.39 is 23.4 Å². The maximum absolute atomic E-state index is 14.4. The number of nitrogens with one attached hydrogen (secondary N) is 1. The number of rotatable bonds is 6. The number of nitrogens with zero attached hydrogens (tertiary/aromatic N) is 2. The fourth-order valence-electron chi connectivity index (χ4n) is 4.01. The summed E-state index contributed by atoms with van der Waals surface area (Å²) in [7, 11) is 0. The van der Waals surface area contributed by atoms with Crippen LogP contribution < -0.4 is 21.3 Å². The lowest BCUT2D eigenvalue weighted by atomic mass is 10.1. The van der Waals surface area contributed by atoms with Crippen molar-refractivity contribution >= 4 is 28.4 Å². The SMILES string of the molecule is Nc1noc2cc(NC(=O)C(O)c3cccn(-c4ccc(F)c(OC5CCOCC5)c4)c3=O)ccc12. The molecule has 4 N–H and O–H groups in total. The number of anilines is 2. The zero-order chi connectivity index (χ0) is 25.2. The van der Waals surface area contributed by atoms with Crippen LogP contribution in [0.15, 0.2) is 64.0 Å². The number of hydrogen-bond donors (Lipinski definition) is 3. The number of halogens is 1. The van der Waals surface area contributed by atoms with Crippen LogP contribution in [-0.4, -0.2) is 40.1 Å². The van der Waals surface area contributed by atoms with Gasteiger partial charge in [-0.2, -0.15) is 0 Å². The van der Waals surface area contributed by atoms with Gasteiger partial charge in [-0.1, -0.05) is 5.16 Å². The lowest BCUT2D eigenvalue weighted by molar-refractivity contribution is -0.124. The Hall–Kier alpha value is -4.22. The van der Waals surface area contributed by atoms with Crippen LogP contribution in [0.1, 0.15) is 24.5 Å². The minimum absolute atomic E-state index is 0.0124. The summed E-state index contributed by atoms with van der Waals surface area (Å²) < 4.78 is 31.8. The van der Waals surface area contributed by atoms with Crippen molar-refractivity contribution in [3.8, 4) is 11.4 Å². The molecule has 2 aromatic heterocycles. The first-order valence-electron chi connectivity index (χ1n) is 11.3. The molecule has 2 aromatic carbocycles. The first kappa shape index (κ1) is 23.5. The Balaban J connectivity index is 1.38. The molecular weight excluding hydrogens is 471 g/mol. The van der Waals surface area contributed by atoms with Crippen LogP contribution in [0.25, 0.3) is 16.7 Å². The number of aliphatic hydroxyl groups excluding tert-OH is 1. The monoisotopic (exact) mass is 494 g/mol. The molecule has 1 unspecified atom stereocenters. The molecule has 36 heavy (non-hydrogen) atoms. The molecule has 0 aliphatic carbocycles. The molecule has 1 atom stereocenters. The summed E-state index contributed by atoms with van der Waals surface area (Å²) >= 11 is 0. The topological polar surface area (TPSA) is 142 Å². The minimum Gasteiger partial charge on any atom is -0.487 e. The average molecular weight is 494 g/mol. The maximum Gasteiger partial charge on any atom is 0.261 e. The summed E-state index contributed by atoms with van der Waals surface area (Å²) in [5.41, 5.74) is 5.91. The lowest BCUT2D eigenvalue weighted by Crippen LogP contribution is -2.29. The Morgan fingerprint density at radius 1 is 1.22 bits per heavy atom. The van der Waals surface area contributed by atoms with Crippen molar-refractivity contribution in [2.45, 2.75) is 25.0 Å². The predicted molar refractivity (Wildman–Crippen MR) is 128 cm³/mol. The van der Waals surface area contributed by atoms with Crippen molar-refractivity contribution < 1.29 is 28.3 Å². The number of fused-ring (bicyclic) bond motifs is 1. The Kier molecular flexibility index (Phi) is 6.40. The fourth-order valence-corrected chi connectivity index (χ4v) is 4.01. The van der Waals surface area contributed by atoms with Crippen molar-refractivity contribution in [1.29, 1.82) is 0 Å². The second kappa shape index (κ2) is 9.80. The standard InChI is InChI=1S/C25H23FN4O6/c26-19-6-4-15(13-21(19)35-16-7-10-34-11-8-16)30-9-1-2-18(25(30)33)22(31)24(32)28-14-3-5-17-20(12-14)36-29-23(17)27/h1-6,9,12-13,16,22,31H,7-8,10-11H2,(H2,27,29)(H,28,32). The van der Waals surface area contributed by atoms with E-state index in [1.54, 1.807) is 12.1 Å². The number of benzene rings is 2. The van der Waals surface area contributed by atoms with Crippen LogP contribution in [0.3, 0.4) is 0 Å². The number of carbonyl (C=O) groups is 1. The number of aromatic nitrogens is 2. The predicted octanol–water partition coefficient (Wildman–Crippen LogP) is 2.93. The zero-order valence-corrected chi connectivity index (χ0v) is 19.0. The molecule has 186 valence electrons. The average Bonchev–Trinajstić information content (AvgIpc) is 3.25. The van der Waals surface area contributed by atoms with Gasteiger partial charge in [-0.05, 0) is 36.4 Å². The van der Waals surface area contributed by atoms with Gasteiger partial charge in [0.15, 0.2) is 29.1 Å². The summed E-state index contributed by atoms with van der Waals surface area (Å²) in [5.74, 6) is -1.15. The van der Waals surface area contributed by atoms with E-state index in [-0.39, 0.29) is 23.2 Å². The Labute approximate surface area is 204 Å². The molecular formula is C25H23FN4O6. The molecule has 0 bridgehead atoms. The van der Waals surface area contributed by atoms with Crippen molar-refractivity contribution in [1.82, 2.24) is 9.72 Å². The van der Waals surface area contributed by atoms with E-state index in [1.807, 2.05) is 0 Å². The second-order valence-electron chi connectivity index (χ2n) is 8.35. The van der Waals surface area contributed by atoms with Crippen molar-refractivity contribution in [2.75, 3.05) is 24.3 Å². The summed E-state index contributed by atoms with van der Waals surface area (Å²) in [5, 5.41) is 17.4. The zero-order valence-electron chi connectivity index (χ0n) is 19.0. The summed E-state index contributed by atoms with van der Waals surface area (Å²) in [4.78, 5) is 25.9. The highest BCUT2D eigenvalue weighted by atomic mass is 19.1. The number of aliphatic hydroxyl groups is 1. The van der Waals surface area contributed by atoms with Crippen LogP contribution in [0, 0.1) is 5.82 Å². The number of amides is 1. The van der Waals surface area contributed by atoms with Gasteiger partial charge >= 0.3 is 0 Å². The Bertz CT molecular complexity index is 1480. The molecule has 5 rings (SSSR count). The largest absolute Gasteiger partial charge is 0.487 e.